The summed E-state index contributed by atoms with van der Waals surface area (Å²) in [7, 11) is 0. The van der Waals surface area contributed by atoms with Gasteiger partial charge in [0.25, 0.3) is 11.8 Å². The summed E-state index contributed by atoms with van der Waals surface area (Å²) in [4.78, 5) is 30.3. The molecule has 2 aromatic carbocycles. The summed E-state index contributed by atoms with van der Waals surface area (Å²) < 4.78 is 39.2. The standard InChI is InChI=1S/C27H35F3N4O2/c1-4-33(5-2)16-13-31-26(36)23-18-22(9-10-24(23)34-14-11-19(3)12-15-34)32-25(35)20-7-6-8-21(17-20)27(28,29)30/h6-10,17-19H,4-5,11-16H2,1-3H3,(H,31,36)(H,32,35). The molecule has 1 aliphatic rings. The molecule has 1 aliphatic heterocycles. The lowest BCUT2D eigenvalue weighted by atomic mass is 9.97. The van der Waals surface area contributed by atoms with E-state index in [2.05, 4.69) is 41.2 Å². The minimum Gasteiger partial charge on any atom is -0.371 e. The van der Waals surface area contributed by atoms with Gasteiger partial charge < -0.3 is 20.4 Å². The van der Waals surface area contributed by atoms with Gasteiger partial charge in [-0.05, 0) is 68.2 Å². The Morgan fingerprint density at radius 3 is 2.36 bits per heavy atom. The van der Waals surface area contributed by atoms with Crippen molar-refractivity contribution in [3.05, 3.63) is 59.2 Å². The Morgan fingerprint density at radius 2 is 1.72 bits per heavy atom. The van der Waals surface area contributed by atoms with E-state index in [1.807, 2.05) is 0 Å². The third kappa shape index (κ3) is 7.22. The van der Waals surface area contributed by atoms with Crippen molar-refractivity contribution in [1.82, 2.24) is 10.2 Å². The number of amides is 2. The molecule has 3 rings (SSSR count). The number of nitrogens with one attached hydrogen (secondary N) is 2. The quantitative estimate of drug-likeness (QED) is 0.489. The summed E-state index contributed by atoms with van der Waals surface area (Å²) >= 11 is 0. The normalized spacial score (nSPS) is 14.7. The molecule has 1 fully saturated rings. The Hall–Kier alpha value is -3.07. The first-order valence-electron chi connectivity index (χ1n) is 12.5. The van der Waals surface area contributed by atoms with Gasteiger partial charge in [0, 0.05) is 43.1 Å². The fourth-order valence-corrected chi connectivity index (χ4v) is 4.32. The van der Waals surface area contributed by atoms with Gasteiger partial charge in [0.05, 0.1) is 11.1 Å². The number of halogens is 3. The minimum absolute atomic E-state index is 0.107. The zero-order chi connectivity index (χ0) is 26.3. The largest absolute Gasteiger partial charge is 0.416 e. The van der Waals surface area contributed by atoms with E-state index in [4.69, 9.17) is 0 Å². The van der Waals surface area contributed by atoms with Crippen molar-refractivity contribution in [3.63, 3.8) is 0 Å². The molecule has 1 heterocycles. The Bertz CT molecular complexity index is 1050. The summed E-state index contributed by atoms with van der Waals surface area (Å²) in [6.45, 7) is 11.0. The molecule has 0 aliphatic carbocycles. The van der Waals surface area contributed by atoms with Crippen LogP contribution in [0.15, 0.2) is 42.5 Å². The van der Waals surface area contributed by atoms with Crippen molar-refractivity contribution in [2.45, 2.75) is 39.8 Å². The van der Waals surface area contributed by atoms with Crippen LogP contribution >= 0.6 is 0 Å². The fraction of sp³-hybridized carbons (Fsp3) is 0.481. The molecule has 0 aromatic heterocycles. The molecule has 0 atom stereocenters. The fourth-order valence-electron chi connectivity index (χ4n) is 4.32. The second kappa shape index (κ2) is 12.3. The highest BCUT2D eigenvalue weighted by Crippen LogP contribution is 2.31. The molecule has 0 bridgehead atoms. The van der Waals surface area contributed by atoms with Crippen LogP contribution in [0.4, 0.5) is 24.5 Å². The van der Waals surface area contributed by atoms with Crippen LogP contribution < -0.4 is 15.5 Å². The van der Waals surface area contributed by atoms with Crippen LogP contribution in [0.2, 0.25) is 0 Å². The average Bonchev–Trinajstić information content (AvgIpc) is 2.86. The van der Waals surface area contributed by atoms with E-state index in [1.54, 1.807) is 18.2 Å². The van der Waals surface area contributed by atoms with Gasteiger partial charge in [-0.3, -0.25) is 9.59 Å². The van der Waals surface area contributed by atoms with Crippen LogP contribution in [0.3, 0.4) is 0 Å². The first kappa shape index (κ1) is 27.5. The molecule has 2 aromatic rings. The maximum absolute atomic E-state index is 13.2. The SMILES string of the molecule is CCN(CC)CCNC(=O)c1cc(NC(=O)c2cccc(C(F)(F)F)c2)ccc1N1CCC(C)CC1. The number of carbonyl (C=O) groups excluding carboxylic acids is 2. The zero-order valence-electron chi connectivity index (χ0n) is 21.1. The van der Waals surface area contributed by atoms with Gasteiger partial charge in [0.2, 0.25) is 0 Å². The Morgan fingerprint density at radius 1 is 1.03 bits per heavy atom. The molecule has 0 unspecified atom stereocenters. The number of hydrogen-bond donors (Lipinski definition) is 2. The number of nitrogens with zero attached hydrogens (tertiary/aromatic N) is 2. The van der Waals surface area contributed by atoms with Crippen LogP contribution in [0.1, 0.15) is 59.9 Å². The third-order valence-electron chi connectivity index (χ3n) is 6.68. The van der Waals surface area contributed by atoms with Crippen molar-refractivity contribution in [2.24, 2.45) is 5.92 Å². The lowest BCUT2D eigenvalue weighted by molar-refractivity contribution is -0.137. The second-order valence-corrected chi connectivity index (χ2v) is 9.22. The molecular formula is C27H35F3N4O2. The highest BCUT2D eigenvalue weighted by Gasteiger charge is 2.31. The van der Waals surface area contributed by atoms with Gasteiger partial charge in [-0.15, -0.1) is 0 Å². The maximum atomic E-state index is 13.2. The van der Waals surface area contributed by atoms with E-state index in [0.717, 1.165) is 63.4 Å². The summed E-state index contributed by atoms with van der Waals surface area (Å²) in [5.41, 5.74) is 0.577. The molecule has 196 valence electrons. The molecular weight excluding hydrogens is 469 g/mol. The highest BCUT2D eigenvalue weighted by atomic mass is 19.4. The average molecular weight is 505 g/mol. The van der Waals surface area contributed by atoms with Gasteiger partial charge in [-0.25, -0.2) is 0 Å². The van der Waals surface area contributed by atoms with E-state index in [-0.39, 0.29) is 11.5 Å². The number of anilines is 2. The van der Waals surface area contributed by atoms with Crippen molar-refractivity contribution < 1.29 is 22.8 Å². The van der Waals surface area contributed by atoms with Gasteiger partial charge >= 0.3 is 6.18 Å². The van der Waals surface area contributed by atoms with E-state index in [1.165, 1.54) is 12.1 Å². The van der Waals surface area contributed by atoms with E-state index < -0.39 is 17.6 Å². The second-order valence-electron chi connectivity index (χ2n) is 9.22. The number of piperidine rings is 1. The highest BCUT2D eigenvalue weighted by molar-refractivity contribution is 6.06. The first-order chi connectivity index (χ1) is 17.1. The summed E-state index contributed by atoms with van der Waals surface area (Å²) in [6, 6.07) is 9.36. The number of hydrogen-bond acceptors (Lipinski definition) is 4. The third-order valence-corrected chi connectivity index (χ3v) is 6.68. The summed E-state index contributed by atoms with van der Waals surface area (Å²) in [6.07, 6.45) is -2.49. The van der Waals surface area contributed by atoms with Gasteiger partial charge in [-0.1, -0.05) is 26.8 Å². The number of benzene rings is 2. The van der Waals surface area contributed by atoms with Crippen molar-refractivity contribution in [1.29, 1.82) is 0 Å². The Kier molecular flexibility index (Phi) is 9.37. The summed E-state index contributed by atoms with van der Waals surface area (Å²) in [5, 5.41) is 5.63. The zero-order valence-corrected chi connectivity index (χ0v) is 21.1. The van der Waals surface area contributed by atoms with Crippen molar-refractivity contribution in [2.75, 3.05) is 49.5 Å². The van der Waals surface area contributed by atoms with E-state index in [0.29, 0.717) is 23.7 Å². The maximum Gasteiger partial charge on any atom is 0.416 e. The molecule has 2 amide bonds. The van der Waals surface area contributed by atoms with Gasteiger partial charge in [-0.2, -0.15) is 13.2 Å². The topological polar surface area (TPSA) is 64.7 Å². The van der Waals surface area contributed by atoms with Crippen LogP contribution in [0, 0.1) is 5.92 Å². The van der Waals surface area contributed by atoms with Crippen LogP contribution in [-0.4, -0.2) is 56.0 Å². The van der Waals surface area contributed by atoms with Gasteiger partial charge in [0.1, 0.15) is 0 Å². The smallest absolute Gasteiger partial charge is 0.371 e. The predicted octanol–water partition coefficient (Wildman–Crippen LogP) is 5.27. The Labute approximate surface area is 210 Å². The Balaban J connectivity index is 1.82. The number of carbonyl (C=O) groups is 2. The van der Waals surface area contributed by atoms with Crippen LogP contribution in [0.5, 0.6) is 0 Å². The molecule has 0 radical (unpaired) electrons. The van der Waals surface area contributed by atoms with E-state index in [9.17, 15) is 22.8 Å². The molecule has 1 saturated heterocycles. The minimum atomic E-state index is -4.54. The van der Waals surface area contributed by atoms with Gasteiger partial charge in [0.15, 0.2) is 0 Å². The van der Waals surface area contributed by atoms with E-state index >= 15 is 0 Å². The number of likely N-dealkylation sites (N-methyl/N-ethyl adjacent to an activating group) is 1. The van der Waals surface area contributed by atoms with Crippen molar-refractivity contribution >= 4 is 23.2 Å². The molecule has 36 heavy (non-hydrogen) atoms. The van der Waals surface area contributed by atoms with Crippen LogP contribution in [-0.2, 0) is 6.18 Å². The molecule has 9 heteroatoms. The number of rotatable bonds is 9. The first-order valence-corrected chi connectivity index (χ1v) is 12.5. The molecule has 6 nitrogen and oxygen atoms in total. The summed E-state index contributed by atoms with van der Waals surface area (Å²) in [5.74, 6) is -0.293. The number of alkyl halides is 3. The monoisotopic (exact) mass is 504 g/mol. The molecule has 0 spiro atoms. The lowest BCUT2D eigenvalue weighted by Crippen LogP contribution is -2.37. The molecule has 0 saturated carbocycles. The van der Waals surface area contributed by atoms with Crippen LogP contribution in [0.25, 0.3) is 0 Å². The molecule has 2 N–H and O–H groups in total. The van der Waals surface area contributed by atoms with Crippen molar-refractivity contribution in [3.8, 4) is 0 Å². The predicted molar refractivity (Wildman–Crippen MR) is 137 cm³/mol. The lowest BCUT2D eigenvalue weighted by Gasteiger charge is -2.33.